The molecule has 1 amide bonds. The SMILES string of the molecule is CCOc1cccc2sc(N(CCN(CC)CC)C(=O)CCCSc3ccc(OC)cc3)nc12. The molecule has 0 aliphatic rings. The zero-order valence-electron chi connectivity index (χ0n) is 20.6. The number of nitrogens with zero attached hydrogens (tertiary/aromatic N) is 3. The fourth-order valence-corrected chi connectivity index (χ4v) is 5.51. The third-order valence-corrected chi connectivity index (χ3v) is 7.74. The van der Waals surface area contributed by atoms with Gasteiger partial charge in [0.25, 0.3) is 0 Å². The smallest absolute Gasteiger partial charge is 0.228 e. The van der Waals surface area contributed by atoms with Crippen LogP contribution in [0.4, 0.5) is 5.13 Å². The van der Waals surface area contributed by atoms with E-state index >= 15 is 0 Å². The van der Waals surface area contributed by atoms with E-state index in [2.05, 4.69) is 30.9 Å². The molecule has 2 aromatic carbocycles. The summed E-state index contributed by atoms with van der Waals surface area (Å²) in [6.07, 6.45) is 1.31. The van der Waals surface area contributed by atoms with Crippen LogP contribution in [-0.2, 0) is 4.79 Å². The maximum atomic E-state index is 13.3. The van der Waals surface area contributed by atoms with Crippen molar-refractivity contribution < 1.29 is 14.3 Å². The number of carbonyl (C=O) groups excluding carboxylic acids is 1. The van der Waals surface area contributed by atoms with Crippen molar-refractivity contribution in [2.24, 2.45) is 0 Å². The number of anilines is 1. The highest BCUT2D eigenvalue weighted by atomic mass is 32.2. The van der Waals surface area contributed by atoms with E-state index in [1.165, 1.54) is 4.90 Å². The molecule has 3 rings (SSSR count). The van der Waals surface area contributed by atoms with E-state index in [4.69, 9.17) is 14.5 Å². The second-order valence-corrected chi connectivity index (χ2v) is 9.91. The number of methoxy groups -OCH3 is 1. The number of amides is 1. The van der Waals surface area contributed by atoms with Crippen LogP contribution in [0.3, 0.4) is 0 Å². The molecule has 0 unspecified atom stereocenters. The van der Waals surface area contributed by atoms with Crippen LogP contribution in [0.1, 0.15) is 33.6 Å². The Morgan fingerprint density at radius 1 is 1.06 bits per heavy atom. The van der Waals surface area contributed by atoms with Gasteiger partial charge in [0.15, 0.2) is 5.13 Å². The summed E-state index contributed by atoms with van der Waals surface area (Å²) in [5, 5.41) is 0.752. The van der Waals surface area contributed by atoms with Gasteiger partial charge in [-0.2, -0.15) is 0 Å². The zero-order chi connectivity index (χ0) is 24.3. The van der Waals surface area contributed by atoms with Crippen molar-refractivity contribution in [2.45, 2.75) is 38.5 Å². The molecule has 0 bridgehead atoms. The van der Waals surface area contributed by atoms with Gasteiger partial charge < -0.3 is 14.4 Å². The minimum atomic E-state index is 0.125. The van der Waals surface area contributed by atoms with Crippen molar-refractivity contribution in [3.05, 3.63) is 42.5 Å². The molecule has 0 aliphatic carbocycles. The number of hydrogen-bond acceptors (Lipinski definition) is 7. The van der Waals surface area contributed by atoms with Gasteiger partial charge in [0.1, 0.15) is 17.0 Å². The number of ether oxygens (including phenoxy) is 2. The molecule has 0 saturated carbocycles. The molecule has 0 atom stereocenters. The second-order valence-electron chi connectivity index (χ2n) is 7.73. The molecule has 6 nitrogen and oxygen atoms in total. The number of likely N-dealkylation sites (N-methyl/N-ethyl adjacent to an activating group) is 1. The van der Waals surface area contributed by atoms with E-state index in [0.717, 1.165) is 58.7 Å². The van der Waals surface area contributed by atoms with Crippen molar-refractivity contribution in [3.8, 4) is 11.5 Å². The fourth-order valence-electron chi connectivity index (χ4n) is 3.63. The average molecular weight is 502 g/mol. The lowest BCUT2D eigenvalue weighted by molar-refractivity contribution is -0.118. The topological polar surface area (TPSA) is 54.9 Å². The third kappa shape index (κ3) is 7.10. The van der Waals surface area contributed by atoms with Gasteiger partial charge in [0.2, 0.25) is 5.91 Å². The Morgan fingerprint density at radius 2 is 1.82 bits per heavy atom. The highest BCUT2D eigenvalue weighted by Crippen LogP contribution is 2.34. The van der Waals surface area contributed by atoms with Gasteiger partial charge in [-0.3, -0.25) is 9.69 Å². The minimum Gasteiger partial charge on any atom is -0.497 e. The van der Waals surface area contributed by atoms with Crippen molar-refractivity contribution in [1.29, 1.82) is 0 Å². The molecule has 0 radical (unpaired) electrons. The van der Waals surface area contributed by atoms with Gasteiger partial charge in [0, 0.05) is 24.4 Å². The van der Waals surface area contributed by atoms with Crippen LogP contribution in [0.15, 0.2) is 47.4 Å². The maximum absolute atomic E-state index is 13.3. The van der Waals surface area contributed by atoms with Crippen molar-refractivity contribution in [3.63, 3.8) is 0 Å². The van der Waals surface area contributed by atoms with E-state index < -0.39 is 0 Å². The molecule has 8 heteroatoms. The summed E-state index contributed by atoms with van der Waals surface area (Å²) in [4.78, 5) is 23.6. The fraction of sp³-hybridized carbons (Fsp3) is 0.462. The normalized spacial score (nSPS) is 11.2. The lowest BCUT2D eigenvalue weighted by Gasteiger charge is -2.24. The minimum absolute atomic E-state index is 0.125. The van der Waals surface area contributed by atoms with Crippen LogP contribution in [0.2, 0.25) is 0 Å². The molecule has 0 spiro atoms. The summed E-state index contributed by atoms with van der Waals surface area (Å²) < 4.78 is 12.0. The van der Waals surface area contributed by atoms with Crippen LogP contribution >= 0.6 is 23.1 Å². The summed E-state index contributed by atoms with van der Waals surface area (Å²) >= 11 is 3.32. The van der Waals surface area contributed by atoms with E-state index in [0.29, 0.717) is 19.6 Å². The number of thiazole rings is 1. The monoisotopic (exact) mass is 501 g/mol. The van der Waals surface area contributed by atoms with Crippen LogP contribution < -0.4 is 14.4 Å². The van der Waals surface area contributed by atoms with E-state index in [9.17, 15) is 4.79 Å². The van der Waals surface area contributed by atoms with Gasteiger partial charge >= 0.3 is 0 Å². The van der Waals surface area contributed by atoms with Crippen LogP contribution in [0.25, 0.3) is 10.2 Å². The summed E-state index contributed by atoms with van der Waals surface area (Å²) in [7, 11) is 1.67. The largest absolute Gasteiger partial charge is 0.497 e. The molecule has 0 N–H and O–H groups in total. The molecular weight excluding hydrogens is 466 g/mol. The Bertz CT molecular complexity index is 1040. The third-order valence-electron chi connectivity index (χ3n) is 5.60. The molecule has 184 valence electrons. The number of aromatic nitrogens is 1. The number of fused-ring (bicyclic) bond motifs is 1. The molecule has 1 heterocycles. The van der Waals surface area contributed by atoms with Crippen molar-refractivity contribution in [2.75, 3.05) is 50.5 Å². The molecule has 0 saturated heterocycles. The Hall–Kier alpha value is -2.29. The Kier molecular flexibility index (Phi) is 10.5. The Labute approximate surface area is 211 Å². The number of thioether (sulfide) groups is 1. The summed E-state index contributed by atoms with van der Waals surface area (Å²) in [5.74, 6) is 2.64. The molecule has 1 aromatic heterocycles. The van der Waals surface area contributed by atoms with Crippen LogP contribution in [0, 0.1) is 0 Å². The van der Waals surface area contributed by atoms with E-state index in [-0.39, 0.29) is 5.91 Å². The first-order valence-electron chi connectivity index (χ1n) is 11.9. The maximum Gasteiger partial charge on any atom is 0.228 e. The Morgan fingerprint density at radius 3 is 2.50 bits per heavy atom. The number of hydrogen-bond donors (Lipinski definition) is 0. The first-order valence-corrected chi connectivity index (χ1v) is 13.7. The summed E-state index contributed by atoms with van der Waals surface area (Å²) in [6.45, 7) is 10.2. The quantitative estimate of drug-likeness (QED) is 0.201. The molecular formula is C26H35N3O3S2. The standard InChI is InChI=1S/C26H35N3O3S2/c1-5-28(6-2)17-18-29(26-27-25-22(32-7-3)10-8-11-23(25)34-26)24(30)12-9-19-33-21-15-13-20(31-4)14-16-21/h8,10-11,13-16H,5-7,9,12,17-19H2,1-4H3. The van der Waals surface area contributed by atoms with E-state index in [1.807, 2.05) is 42.2 Å². The highest BCUT2D eigenvalue weighted by molar-refractivity contribution is 7.99. The predicted molar refractivity (Wildman–Crippen MR) is 144 cm³/mol. The van der Waals surface area contributed by atoms with Gasteiger partial charge in [0.05, 0.1) is 18.4 Å². The molecule has 0 fully saturated rings. The zero-order valence-corrected chi connectivity index (χ0v) is 22.2. The van der Waals surface area contributed by atoms with Gasteiger partial charge in [-0.05, 0) is 68.6 Å². The average Bonchev–Trinajstić information content (AvgIpc) is 3.30. The Balaban J connectivity index is 1.68. The number of carbonyl (C=O) groups is 1. The molecule has 3 aromatic rings. The predicted octanol–water partition coefficient (Wildman–Crippen LogP) is 5.95. The van der Waals surface area contributed by atoms with E-state index in [1.54, 1.807) is 30.2 Å². The lowest BCUT2D eigenvalue weighted by Crippen LogP contribution is -2.38. The van der Waals surface area contributed by atoms with Gasteiger partial charge in [-0.1, -0.05) is 31.3 Å². The second kappa shape index (κ2) is 13.6. The van der Waals surface area contributed by atoms with Gasteiger partial charge in [-0.25, -0.2) is 4.98 Å². The van der Waals surface area contributed by atoms with Gasteiger partial charge in [-0.15, -0.1) is 11.8 Å². The van der Waals surface area contributed by atoms with Crippen LogP contribution in [0.5, 0.6) is 11.5 Å². The van der Waals surface area contributed by atoms with Crippen molar-refractivity contribution in [1.82, 2.24) is 9.88 Å². The van der Waals surface area contributed by atoms with Crippen molar-refractivity contribution >= 4 is 44.4 Å². The first-order chi connectivity index (χ1) is 16.6. The number of rotatable bonds is 14. The molecule has 0 aliphatic heterocycles. The lowest BCUT2D eigenvalue weighted by atomic mass is 10.3. The number of benzene rings is 2. The number of para-hydroxylation sites is 1. The summed E-state index contributed by atoms with van der Waals surface area (Å²) in [6, 6.07) is 14.0. The highest BCUT2D eigenvalue weighted by Gasteiger charge is 2.21. The van der Waals surface area contributed by atoms with Crippen LogP contribution in [-0.4, -0.2) is 61.4 Å². The molecule has 34 heavy (non-hydrogen) atoms. The first kappa shape index (κ1) is 26.3. The summed E-state index contributed by atoms with van der Waals surface area (Å²) in [5.41, 5.74) is 0.833.